The minimum absolute atomic E-state index is 0.484. The van der Waals surface area contributed by atoms with Crippen LogP contribution in [0.5, 0.6) is 0 Å². The van der Waals surface area contributed by atoms with Gasteiger partial charge in [-0.1, -0.05) is 53.3 Å². The van der Waals surface area contributed by atoms with E-state index in [1.165, 1.54) is 11.8 Å². The van der Waals surface area contributed by atoms with Crippen molar-refractivity contribution in [2.24, 2.45) is 0 Å². The molecule has 1 heterocycles. The number of aromatic nitrogens is 2. The maximum atomic E-state index is 5.92. The van der Waals surface area contributed by atoms with Gasteiger partial charge >= 0.3 is 0 Å². The van der Waals surface area contributed by atoms with E-state index in [1.807, 2.05) is 36.6 Å². The first-order valence-corrected chi connectivity index (χ1v) is 7.01. The molecule has 0 unspecified atom stereocenters. The summed E-state index contributed by atoms with van der Waals surface area (Å²) >= 11 is 8.99. The molecule has 0 N–H and O–H groups in total. The maximum absolute atomic E-state index is 5.92. The quantitative estimate of drug-likeness (QED) is 0.477. The smallest absolute Gasteiger partial charge is 0.189 e. The summed E-state index contributed by atoms with van der Waals surface area (Å²) in [6, 6.07) is 11.9. The number of rotatable bonds is 3. The average molecular weight is 269 g/mol. The van der Waals surface area contributed by atoms with Crippen molar-refractivity contribution in [3.8, 4) is 0 Å². The third-order valence-electron chi connectivity index (χ3n) is 1.80. The largest absolute Gasteiger partial charge is 0.216 e. The molecule has 0 radical (unpaired) electrons. The topological polar surface area (TPSA) is 25.8 Å². The van der Waals surface area contributed by atoms with Crippen LogP contribution in [0.25, 0.3) is 0 Å². The third-order valence-corrected chi connectivity index (χ3v) is 3.47. The standard InChI is InChI=1S/C11H9ClN2S2/c1-15-11-13-9(12)7-10(14-11)16-8-5-3-2-4-6-8/h2-7H,1H3. The zero-order chi connectivity index (χ0) is 11.4. The van der Waals surface area contributed by atoms with Gasteiger partial charge in [0.15, 0.2) is 5.16 Å². The molecule has 2 aromatic rings. The van der Waals surface area contributed by atoms with Crippen molar-refractivity contribution < 1.29 is 0 Å². The molecular formula is C11H9ClN2S2. The van der Waals surface area contributed by atoms with Gasteiger partial charge in [0.1, 0.15) is 10.2 Å². The Morgan fingerprint density at radius 1 is 1.12 bits per heavy atom. The maximum Gasteiger partial charge on any atom is 0.189 e. The van der Waals surface area contributed by atoms with E-state index >= 15 is 0 Å². The van der Waals surface area contributed by atoms with E-state index in [0.29, 0.717) is 10.3 Å². The highest BCUT2D eigenvalue weighted by Gasteiger charge is 2.03. The second kappa shape index (κ2) is 5.57. The monoisotopic (exact) mass is 268 g/mol. The molecule has 16 heavy (non-hydrogen) atoms. The van der Waals surface area contributed by atoms with Gasteiger partial charge in [0.25, 0.3) is 0 Å². The lowest BCUT2D eigenvalue weighted by atomic mass is 10.4. The summed E-state index contributed by atoms with van der Waals surface area (Å²) in [5.74, 6) is 0. The van der Waals surface area contributed by atoms with Crippen molar-refractivity contribution >= 4 is 35.1 Å². The van der Waals surface area contributed by atoms with Crippen LogP contribution in [0.1, 0.15) is 0 Å². The van der Waals surface area contributed by atoms with Gasteiger partial charge in [-0.05, 0) is 18.4 Å². The molecule has 0 aliphatic heterocycles. The average Bonchev–Trinajstić information content (AvgIpc) is 2.29. The number of thioether (sulfide) groups is 1. The lowest BCUT2D eigenvalue weighted by Crippen LogP contribution is -1.88. The molecule has 0 amide bonds. The van der Waals surface area contributed by atoms with Crippen LogP contribution in [0.15, 0.2) is 51.5 Å². The van der Waals surface area contributed by atoms with Crippen LogP contribution in [0.2, 0.25) is 5.15 Å². The van der Waals surface area contributed by atoms with Gasteiger partial charge in [-0.15, -0.1) is 0 Å². The van der Waals surface area contributed by atoms with Crippen LogP contribution >= 0.6 is 35.1 Å². The molecule has 5 heteroatoms. The Morgan fingerprint density at radius 3 is 2.56 bits per heavy atom. The Hall–Kier alpha value is -0.710. The number of hydrogen-bond donors (Lipinski definition) is 0. The number of halogens is 1. The molecule has 1 aromatic carbocycles. The highest BCUT2D eigenvalue weighted by atomic mass is 35.5. The molecule has 82 valence electrons. The van der Waals surface area contributed by atoms with Gasteiger partial charge in [-0.25, -0.2) is 9.97 Å². The van der Waals surface area contributed by atoms with Crippen molar-refractivity contribution in [2.75, 3.05) is 6.26 Å². The van der Waals surface area contributed by atoms with Gasteiger partial charge in [0, 0.05) is 11.0 Å². The second-order valence-corrected chi connectivity index (χ2v) is 5.19. The van der Waals surface area contributed by atoms with Crippen molar-refractivity contribution in [2.45, 2.75) is 15.1 Å². The van der Waals surface area contributed by atoms with Crippen molar-refractivity contribution in [1.29, 1.82) is 0 Å². The highest BCUT2D eigenvalue weighted by molar-refractivity contribution is 7.99. The van der Waals surface area contributed by atoms with E-state index in [1.54, 1.807) is 17.8 Å². The Bertz CT molecular complexity index is 477. The Kier molecular flexibility index (Phi) is 4.09. The zero-order valence-corrected chi connectivity index (χ0v) is 10.9. The Morgan fingerprint density at radius 2 is 1.88 bits per heavy atom. The minimum Gasteiger partial charge on any atom is -0.216 e. The van der Waals surface area contributed by atoms with Crippen molar-refractivity contribution in [1.82, 2.24) is 9.97 Å². The predicted molar refractivity (Wildman–Crippen MR) is 69.4 cm³/mol. The summed E-state index contributed by atoms with van der Waals surface area (Å²) in [6.07, 6.45) is 1.93. The van der Waals surface area contributed by atoms with Crippen LogP contribution in [0, 0.1) is 0 Å². The first kappa shape index (κ1) is 11.8. The predicted octanol–water partition coefficient (Wildman–Crippen LogP) is 4.00. The third kappa shape index (κ3) is 3.14. The first-order valence-electron chi connectivity index (χ1n) is 4.59. The van der Waals surface area contributed by atoms with Gasteiger partial charge in [0.2, 0.25) is 0 Å². The molecule has 0 aliphatic rings. The number of nitrogens with zero attached hydrogens (tertiary/aromatic N) is 2. The fourth-order valence-corrected chi connectivity index (χ4v) is 2.70. The molecular weight excluding hydrogens is 260 g/mol. The van der Waals surface area contributed by atoms with Gasteiger partial charge in [-0.2, -0.15) is 0 Å². The fourth-order valence-electron chi connectivity index (χ4n) is 1.13. The first-order chi connectivity index (χ1) is 7.78. The lowest BCUT2D eigenvalue weighted by Gasteiger charge is -2.02. The number of benzene rings is 1. The summed E-state index contributed by atoms with van der Waals surface area (Å²) in [6.45, 7) is 0. The van der Waals surface area contributed by atoms with Gasteiger partial charge in [0.05, 0.1) is 0 Å². The molecule has 0 fully saturated rings. The summed E-state index contributed by atoms with van der Waals surface area (Å²) in [5, 5.41) is 2.05. The fraction of sp³-hybridized carbons (Fsp3) is 0.0909. The molecule has 0 saturated carbocycles. The SMILES string of the molecule is CSc1nc(Cl)cc(Sc2ccccc2)n1. The molecule has 0 atom stereocenters. The second-order valence-electron chi connectivity index (χ2n) is 2.93. The van der Waals surface area contributed by atoms with Crippen LogP contribution in [0.4, 0.5) is 0 Å². The molecule has 0 saturated heterocycles. The van der Waals surface area contributed by atoms with Crippen molar-refractivity contribution in [3.63, 3.8) is 0 Å². The van der Waals surface area contributed by atoms with Crippen LogP contribution in [-0.2, 0) is 0 Å². The summed E-state index contributed by atoms with van der Waals surface area (Å²) in [7, 11) is 0. The van der Waals surface area contributed by atoms with E-state index in [0.717, 1.165) is 9.92 Å². The van der Waals surface area contributed by atoms with E-state index in [-0.39, 0.29) is 0 Å². The van der Waals surface area contributed by atoms with E-state index in [2.05, 4.69) is 9.97 Å². The summed E-state index contributed by atoms with van der Waals surface area (Å²) in [4.78, 5) is 9.62. The highest BCUT2D eigenvalue weighted by Crippen LogP contribution is 2.28. The normalized spacial score (nSPS) is 10.4. The zero-order valence-electron chi connectivity index (χ0n) is 8.55. The summed E-state index contributed by atoms with van der Waals surface area (Å²) in [5.41, 5.74) is 0. The molecule has 0 bridgehead atoms. The number of hydrogen-bond acceptors (Lipinski definition) is 4. The Balaban J connectivity index is 2.24. The van der Waals surface area contributed by atoms with Crippen LogP contribution in [-0.4, -0.2) is 16.2 Å². The van der Waals surface area contributed by atoms with E-state index in [4.69, 9.17) is 11.6 Å². The molecule has 2 nitrogen and oxygen atoms in total. The lowest BCUT2D eigenvalue weighted by molar-refractivity contribution is 0.894. The molecule has 1 aromatic heterocycles. The van der Waals surface area contributed by atoms with Gasteiger partial charge in [-0.3, -0.25) is 0 Å². The van der Waals surface area contributed by atoms with Crippen LogP contribution in [0.3, 0.4) is 0 Å². The van der Waals surface area contributed by atoms with Crippen LogP contribution < -0.4 is 0 Å². The Labute approximate surface area is 108 Å². The van der Waals surface area contributed by atoms with E-state index < -0.39 is 0 Å². The van der Waals surface area contributed by atoms with E-state index in [9.17, 15) is 0 Å². The molecule has 2 rings (SSSR count). The van der Waals surface area contributed by atoms with Gasteiger partial charge < -0.3 is 0 Å². The van der Waals surface area contributed by atoms with Crippen molar-refractivity contribution in [3.05, 3.63) is 41.6 Å². The summed E-state index contributed by atoms with van der Waals surface area (Å²) < 4.78 is 0. The molecule has 0 spiro atoms. The molecule has 0 aliphatic carbocycles. The minimum atomic E-state index is 0.484.